The van der Waals surface area contributed by atoms with Crippen LogP contribution in [0.1, 0.15) is 22.8 Å². The summed E-state index contributed by atoms with van der Waals surface area (Å²) >= 11 is 0. The monoisotopic (exact) mass is 174 g/mol. The molecule has 0 saturated carbocycles. The zero-order valence-electron chi connectivity index (χ0n) is 8.00. The second-order valence-corrected chi connectivity index (χ2v) is 2.92. The number of aryl methyl sites for hydroxylation is 1. The van der Waals surface area contributed by atoms with E-state index in [2.05, 4.69) is 6.92 Å². The average Bonchev–Trinajstić information content (AvgIpc) is 2.16. The molecule has 0 aliphatic rings. The van der Waals surface area contributed by atoms with E-state index in [1.807, 2.05) is 26.2 Å². The molecule has 1 aromatic carbocycles. The van der Waals surface area contributed by atoms with E-state index in [1.54, 1.807) is 6.07 Å². The number of nitrogens with two attached hydrogens (primary N) is 1. The van der Waals surface area contributed by atoms with Crippen molar-refractivity contribution in [2.75, 3.05) is 0 Å². The Bertz CT molecular complexity index is 323. The Morgan fingerprint density at radius 2 is 2.23 bits per heavy atom. The Morgan fingerprint density at radius 3 is 2.69 bits per heavy atom. The van der Waals surface area contributed by atoms with E-state index in [1.165, 1.54) is 5.56 Å². The molecule has 0 saturated heterocycles. The minimum atomic E-state index is -0.370. The molecule has 0 atom stereocenters. The summed E-state index contributed by atoms with van der Waals surface area (Å²) in [5, 5.41) is 0. The van der Waals surface area contributed by atoms with Crippen LogP contribution in [0, 0.1) is 0 Å². The van der Waals surface area contributed by atoms with Crippen molar-refractivity contribution in [2.24, 2.45) is 5.73 Å². The molecular weight excluding hydrogens is 161 g/mol. The highest BCUT2D eigenvalue weighted by molar-refractivity contribution is 6.52. The summed E-state index contributed by atoms with van der Waals surface area (Å²) in [5.41, 5.74) is 8.09. The Balaban J connectivity index is 3.13. The van der Waals surface area contributed by atoms with E-state index < -0.39 is 0 Å². The van der Waals surface area contributed by atoms with Gasteiger partial charge in [-0.3, -0.25) is 4.79 Å². The summed E-state index contributed by atoms with van der Waals surface area (Å²) in [6, 6.07) is 5.56. The number of benzene rings is 1. The van der Waals surface area contributed by atoms with Gasteiger partial charge in [0.15, 0.2) is 0 Å². The smallest absolute Gasteiger partial charge is 0.248 e. The molecule has 0 aliphatic heterocycles. The van der Waals surface area contributed by atoms with Crippen LogP contribution in [0.25, 0.3) is 0 Å². The molecular formula is C10H13BNO. The van der Waals surface area contributed by atoms with Crippen molar-refractivity contribution in [2.45, 2.75) is 20.2 Å². The Kier molecular flexibility index (Phi) is 3.12. The van der Waals surface area contributed by atoms with E-state index in [0.29, 0.717) is 5.56 Å². The van der Waals surface area contributed by atoms with Gasteiger partial charge in [-0.1, -0.05) is 36.9 Å². The van der Waals surface area contributed by atoms with E-state index in [-0.39, 0.29) is 5.91 Å². The molecule has 0 unspecified atom stereocenters. The van der Waals surface area contributed by atoms with Crippen LogP contribution < -0.4 is 11.2 Å². The maximum absolute atomic E-state index is 10.9. The normalized spacial score (nSPS) is 9.69. The van der Waals surface area contributed by atoms with Crippen molar-refractivity contribution in [3.05, 3.63) is 29.3 Å². The van der Waals surface area contributed by atoms with Gasteiger partial charge in [0, 0.05) is 5.56 Å². The van der Waals surface area contributed by atoms with E-state index in [0.717, 1.165) is 11.9 Å². The molecule has 67 valence electrons. The van der Waals surface area contributed by atoms with Crippen LogP contribution in [-0.2, 0) is 6.42 Å². The second-order valence-electron chi connectivity index (χ2n) is 2.92. The van der Waals surface area contributed by atoms with Crippen LogP contribution in [0.2, 0.25) is 6.82 Å². The van der Waals surface area contributed by atoms with Gasteiger partial charge >= 0.3 is 0 Å². The molecule has 0 aromatic heterocycles. The van der Waals surface area contributed by atoms with Gasteiger partial charge in [-0.2, -0.15) is 0 Å². The van der Waals surface area contributed by atoms with Crippen LogP contribution in [0.4, 0.5) is 0 Å². The summed E-state index contributed by atoms with van der Waals surface area (Å²) in [6.07, 6.45) is 0.971. The molecule has 1 radical (unpaired) electrons. The first-order valence-electron chi connectivity index (χ1n) is 4.41. The Labute approximate surface area is 79.4 Å². The molecule has 1 amide bonds. The van der Waals surface area contributed by atoms with Gasteiger partial charge in [0.1, 0.15) is 7.28 Å². The molecule has 2 N–H and O–H groups in total. The third-order valence-corrected chi connectivity index (χ3v) is 2.12. The topological polar surface area (TPSA) is 43.1 Å². The highest BCUT2D eigenvalue weighted by Gasteiger charge is 2.04. The van der Waals surface area contributed by atoms with Crippen molar-refractivity contribution in [1.29, 1.82) is 0 Å². The number of rotatable bonds is 3. The molecule has 1 aromatic rings. The Morgan fingerprint density at radius 1 is 1.54 bits per heavy atom. The third-order valence-electron chi connectivity index (χ3n) is 2.12. The molecule has 2 nitrogen and oxygen atoms in total. The minimum Gasteiger partial charge on any atom is -0.366 e. The number of primary amides is 1. The largest absolute Gasteiger partial charge is 0.366 e. The molecule has 1 rings (SSSR count). The molecule has 0 spiro atoms. The standard InChI is InChI=1S/C10H13BNO/c1-3-7-4-5-8(10(12)13)6-9(7)11-2/h4-6H,3H2,1-2H3,(H2,12,13). The summed E-state index contributed by atoms with van der Waals surface area (Å²) in [7, 11) is 1.99. The summed E-state index contributed by atoms with van der Waals surface area (Å²) in [5.74, 6) is -0.370. The molecule has 13 heavy (non-hydrogen) atoms. The maximum Gasteiger partial charge on any atom is 0.248 e. The first-order chi connectivity index (χ1) is 6.19. The van der Waals surface area contributed by atoms with Gasteiger partial charge in [-0.15, -0.1) is 0 Å². The fourth-order valence-electron chi connectivity index (χ4n) is 1.34. The van der Waals surface area contributed by atoms with Crippen molar-refractivity contribution in [3.8, 4) is 0 Å². The second kappa shape index (κ2) is 4.12. The first kappa shape index (κ1) is 9.84. The van der Waals surface area contributed by atoms with Crippen LogP contribution in [0.15, 0.2) is 18.2 Å². The summed E-state index contributed by atoms with van der Waals surface area (Å²) < 4.78 is 0. The average molecular weight is 174 g/mol. The third kappa shape index (κ3) is 2.11. The van der Waals surface area contributed by atoms with E-state index >= 15 is 0 Å². The number of amides is 1. The molecule has 0 bridgehead atoms. The van der Waals surface area contributed by atoms with Crippen molar-refractivity contribution in [3.63, 3.8) is 0 Å². The molecule has 0 aliphatic carbocycles. The van der Waals surface area contributed by atoms with Crippen LogP contribution >= 0.6 is 0 Å². The highest BCUT2D eigenvalue weighted by Crippen LogP contribution is 2.01. The van der Waals surface area contributed by atoms with E-state index in [9.17, 15) is 4.79 Å². The van der Waals surface area contributed by atoms with Gasteiger partial charge in [-0.25, -0.2) is 0 Å². The van der Waals surface area contributed by atoms with Gasteiger partial charge < -0.3 is 5.73 Å². The molecule has 0 heterocycles. The first-order valence-corrected chi connectivity index (χ1v) is 4.41. The Hall–Kier alpha value is -1.25. The van der Waals surface area contributed by atoms with Gasteiger partial charge in [0.25, 0.3) is 0 Å². The quantitative estimate of drug-likeness (QED) is 0.674. The fourth-order valence-corrected chi connectivity index (χ4v) is 1.34. The van der Waals surface area contributed by atoms with Crippen molar-refractivity contribution in [1.82, 2.24) is 0 Å². The molecule has 3 heteroatoms. The predicted octanol–water partition coefficient (Wildman–Crippen LogP) is 0.725. The molecule has 0 fully saturated rings. The lowest BCUT2D eigenvalue weighted by atomic mass is 9.70. The zero-order chi connectivity index (χ0) is 9.84. The minimum absolute atomic E-state index is 0.370. The lowest BCUT2D eigenvalue weighted by Gasteiger charge is -2.06. The lowest BCUT2D eigenvalue weighted by molar-refractivity contribution is 0.100. The van der Waals surface area contributed by atoms with Gasteiger partial charge in [0.2, 0.25) is 5.91 Å². The van der Waals surface area contributed by atoms with E-state index in [4.69, 9.17) is 5.73 Å². The number of hydrogen-bond donors (Lipinski definition) is 1. The number of hydrogen-bond acceptors (Lipinski definition) is 1. The van der Waals surface area contributed by atoms with Crippen molar-refractivity contribution >= 4 is 18.6 Å². The zero-order valence-corrected chi connectivity index (χ0v) is 8.00. The van der Waals surface area contributed by atoms with Crippen LogP contribution in [0.5, 0.6) is 0 Å². The van der Waals surface area contributed by atoms with Crippen molar-refractivity contribution < 1.29 is 4.79 Å². The number of carbonyl (C=O) groups is 1. The van der Waals surface area contributed by atoms with Gasteiger partial charge in [-0.05, 0) is 12.5 Å². The van der Waals surface area contributed by atoms with Gasteiger partial charge in [0.05, 0.1) is 0 Å². The van der Waals surface area contributed by atoms with Crippen LogP contribution in [-0.4, -0.2) is 13.2 Å². The summed E-state index contributed by atoms with van der Waals surface area (Å²) in [4.78, 5) is 10.9. The number of carbonyl (C=O) groups excluding carboxylic acids is 1. The fraction of sp³-hybridized carbons (Fsp3) is 0.300. The summed E-state index contributed by atoms with van der Waals surface area (Å²) in [6.45, 7) is 4.05. The van der Waals surface area contributed by atoms with Crippen LogP contribution in [0.3, 0.4) is 0 Å². The maximum atomic E-state index is 10.9. The SMILES string of the molecule is C[B]c1cc(C(N)=O)ccc1CC. The predicted molar refractivity (Wildman–Crippen MR) is 55.6 cm³/mol. The lowest BCUT2D eigenvalue weighted by Crippen LogP contribution is -2.20. The highest BCUT2D eigenvalue weighted by atomic mass is 16.1.